The molecule has 0 heterocycles. The van der Waals surface area contributed by atoms with Crippen LogP contribution in [0.25, 0.3) is 0 Å². The van der Waals surface area contributed by atoms with E-state index in [1.807, 2.05) is 18.2 Å². The third-order valence-corrected chi connectivity index (χ3v) is 2.19. The molecule has 1 rings (SSSR count). The summed E-state index contributed by atoms with van der Waals surface area (Å²) in [6.45, 7) is 0.268. The maximum Gasteiger partial charge on any atom is 0.273 e. The lowest BCUT2D eigenvalue weighted by Gasteiger charge is -2.11. The molecule has 0 unspecified atom stereocenters. The van der Waals surface area contributed by atoms with Crippen LogP contribution in [-0.2, 0) is 9.53 Å². The fraction of sp³-hybridized carbons (Fsp3) is 0.250. The summed E-state index contributed by atoms with van der Waals surface area (Å²) in [6.07, 6.45) is 0. The Morgan fingerprint density at radius 3 is 2.53 bits per heavy atom. The Morgan fingerprint density at radius 1 is 1.35 bits per heavy atom. The summed E-state index contributed by atoms with van der Waals surface area (Å²) in [5.41, 5.74) is 7.11. The maximum absolute atomic E-state index is 11.8. The molecule has 1 aromatic rings. The number of likely N-dealkylation sites (N-methyl/N-ethyl adjacent to an activating group) is 1. The van der Waals surface area contributed by atoms with Crippen LogP contribution < -0.4 is 16.4 Å². The number of carbonyl (C=O) groups is 1. The van der Waals surface area contributed by atoms with E-state index in [0.29, 0.717) is 11.4 Å². The molecule has 0 saturated heterocycles. The molecule has 0 atom stereocenters. The molecule has 0 aliphatic carbocycles. The maximum atomic E-state index is 11.8. The Bertz CT molecular complexity index is 401. The first-order valence-corrected chi connectivity index (χ1v) is 5.20. The number of hydrogen-bond acceptors (Lipinski definition) is 4. The van der Waals surface area contributed by atoms with Gasteiger partial charge in [-0.05, 0) is 12.1 Å². The fourth-order valence-electron chi connectivity index (χ4n) is 1.29. The number of anilines is 1. The highest BCUT2D eigenvalue weighted by Gasteiger charge is 2.11. The molecule has 4 N–H and O–H groups in total. The van der Waals surface area contributed by atoms with E-state index in [-0.39, 0.29) is 18.2 Å². The van der Waals surface area contributed by atoms with Gasteiger partial charge in [0.15, 0.2) is 0 Å². The topological polar surface area (TPSA) is 76.4 Å². The SMILES string of the molecule is CN/C(COC)=C(/N)C(=O)Nc1ccccc1. The van der Waals surface area contributed by atoms with Crippen LogP contribution in [-0.4, -0.2) is 26.7 Å². The average molecular weight is 235 g/mol. The highest BCUT2D eigenvalue weighted by atomic mass is 16.5. The summed E-state index contributed by atoms with van der Waals surface area (Å²) in [7, 11) is 3.23. The van der Waals surface area contributed by atoms with Gasteiger partial charge in [-0.1, -0.05) is 18.2 Å². The van der Waals surface area contributed by atoms with Gasteiger partial charge in [0.25, 0.3) is 5.91 Å². The molecule has 92 valence electrons. The number of hydrogen-bond donors (Lipinski definition) is 3. The average Bonchev–Trinajstić information content (AvgIpc) is 2.36. The van der Waals surface area contributed by atoms with Gasteiger partial charge in [-0.3, -0.25) is 4.79 Å². The second kappa shape index (κ2) is 6.55. The van der Waals surface area contributed by atoms with Crippen LogP contribution in [0.2, 0.25) is 0 Å². The van der Waals surface area contributed by atoms with Crippen LogP contribution in [0, 0.1) is 0 Å². The number of amides is 1. The van der Waals surface area contributed by atoms with Crippen molar-refractivity contribution < 1.29 is 9.53 Å². The van der Waals surface area contributed by atoms with E-state index in [1.54, 1.807) is 26.3 Å². The molecule has 1 aromatic carbocycles. The summed E-state index contributed by atoms with van der Waals surface area (Å²) < 4.78 is 4.94. The lowest BCUT2D eigenvalue weighted by atomic mass is 10.3. The third-order valence-electron chi connectivity index (χ3n) is 2.19. The van der Waals surface area contributed by atoms with Gasteiger partial charge in [0, 0.05) is 19.8 Å². The second-order valence-electron chi connectivity index (χ2n) is 3.40. The van der Waals surface area contributed by atoms with E-state index >= 15 is 0 Å². The summed E-state index contributed by atoms with van der Waals surface area (Å²) >= 11 is 0. The minimum Gasteiger partial charge on any atom is -0.393 e. The van der Waals surface area contributed by atoms with Crippen LogP contribution in [0.5, 0.6) is 0 Å². The Morgan fingerprint density at radius 2 is 2.00 bits per heavy atom. The summed E-state index contributed by atoms with van der Waals surface area (Å²) in [4.78, 5) is 11.8. The normalized spacial score (nSPS) is 11.6. The minimum absolute atomic E-state index is 0.123. The van der Waals surface area contributed by atoms with Crippen LogP contribution >= 0.6 is 0 Å². The van der Waals surface area contributed by atoms with Crippen molar-refractivity contribution in [2.75, 3.05) is 26.1 Å². The Hall–Kier alpha value is -2.01. The van der Waals surface area contributed by atoms with Gasteiger partial charge in [-0.2, -0.15) is 0 Å². The lowest BCUT2D eigenvalue weighted by molar-refractivity contribution is -0.113. The van der Waals surface area contributed by atoms with Gasteiger partial charge in [-0.25, -0.2) is 0 Å². The molecular weight excluding hydrogens is 218 g/mol. The van der Waals surface area contributed by atoms with Gasteiger partial charge >= 0.3 is 0 Å². The molecule has 0 saturated carbocycles. The Kier molecular flexibility index (Phi) is 5.03. The first-order chi connectivity index (χ1) is 8.19. The van der Waals surface area contributed by atoms with Crippen LogP contribution in [0.15, 0.2) is 41.7 Å². The van der Waals surface area contributed by atoms with E-state index in [4.69, 9.17) is 10.5 Å². The Balaban J connectivity index is 2.76. The predicted molar refractivity (Wildman–Crippen MR) is 67.2 cm³/mol. The highest BCUT2D eigenvalue weighted by Crippen LogP contribution is 2.06. The van der Waals surface area contributed by atoms with Gasteiger partial charge in [-0.15, -0.1) is 0 Å². The van der Waals surface area contributed by atoms with Crippen molar-refractivity contribution in [3.63, 3.8) is 0 Å². The molecule has 0 radical (unpaired) electrons. The molecular formula is C12H17N3O2. The Labute approximate surface area is 101 Å². The van der Waals surface area contributed by atoms with Crippen molar-refractivity contribution >= 4 is 11.6 Å². The van der Waals surface area contributed by atoms with E-state index in [9.17, 15) is 4.79 Å². The molecule has 5 heteroatoms. The van der Waals surface area contributed by atoms with Crippen LogP contribution in [0.1, 0.15) is 0 Å². The quantitative estimate of drug-likeness (QED) is 0.655. The van der Waals surface area contributed by atoms with E-state index in [2.05, 4.69) is 10.6 Å². The molecule has 0 bridgehead atoms. The number of methoxy groups -OCH3 is 1. The first kappa shape index (κ1) is 13.1. The zero-order chi connectivity index (χ0) is 12.7. The van der Waals surface area contributed by atoms with E-state index in [0.717, 1.165) is 0 Å². The summed E-state index contributed by atoms with van der Waals surface area (Å²) in [5, 5.41) is 5.54. The zero-order valence-electron chi connectivity index (χ0n) is 9.99. The van der Waals surface area contributed by atoms with Gasteiger partial charge < -0.3 is 21.1 Å². The lowest BCUT2D eigenvalue weighted by Crippen LogP contribution is -2.27. The number of benzene rings is 1. The standard InChI is InChI=1S/C12H17N3O2/c1-14-10(8-17-2)11(13)12(16)15-9-6-4-3-5-7-9/h3-7,14H,8,13H2,1-2H3,(H,15,16)/b11-10+. The molecule has 0 aromatic heterocycles. The number of nitrogens with one attached hydrogen (secondary N) is 2. The third kappa shape index (κ3) is 3.81. The van der Waals surface area contributed by atoms with E-state index in [1.165, 1.54) is 0 Å². The molecule has 0 aliphatic rings. The van der Waals surface area contributed by atoms with Gasteiger partial charge in [0.2, 0.25) is 0 Å². The van der Waals surface area contributed by atoms with Crippen molar-refractivity contribution in [1.82, 2.24) is 5.32 Å². The molecule has 0 fully saturated rings. The smallest absolute Gasteiger partial charge is 0.273 e. The first-order valence-electron chi connectivity index (χ1n) is 5.20. The van der Waals surface area contributed by atoms with Crippen LogP contribution in [0.4, 0.5) is 5.69 Å². The van der Waals surface area contributed by atoms with Crippen LogP contribution in [0.3, 0.4) is 0 Å². The monoisotopic (exact) mass is 235 g/mol. The number of ether oxygens (including phenoxy) is 1. The number of rotatable bonds is 5. The molecule has 1 amide bonds. The van der Waals surface area contributed by atoms with Gasteiger partial charge in [0.1, 0.15) is 5.70 Å². The largest absolute Gasteiger partial charge is 0.393 e. The predicted octanol–water partition coefficient (Wildman–Crippen LogP) is 0.661. The van der Waals surface area contributed by atoms with Gasteiger partial charge in [0.05, 0.1) is 12.3 Å². The van der Waals surface area contributed by atoms with Crippen molar-refractivity contribution in [3.05, 3.63) is 41.7 Å². The molecule has 0 spiro atoms. The number of carbonyl (C=O) groups excluding carboxylic acids is 1. The van der Waals surface area contributed by atoms with Crippen molar-refractivity contribution in [1.29, 1.82) is 0 Å². The van der Waals surface area contributed by atoms with Crippen molar-refractivity contribution in [3.8, 4) is 0 Å². The molecule has 0 aliphatic heterocycles. The fourth-order valence-corrected chi connectivity index (χ4v) is 1.29. The second-order valence-corrected chi connectivity index (χ2v) is 3.40. The molecule has 5 nitrogen and oxygen atoms in total. The number of nitrogens with two attached hydrogens (primary N) is 1. The highest BCUT2D eigenvalue weighted by molar-refractivity contribution is 6.03. The summed E-state index contributed by atoms with van der Waals surface area (Å²) in [5.74, 6) is -0.349. The molecule has 17 heavy (non-hydrogen) atoms. The zero-order valence-corrected chi connectivity index (χ0v) is 9.99. The van der Waals surface area contributed by atoms with Crippen molar-refractivity contribution in [2.45, 2.75) is 0 Å². The van der Waals surface area contributed by atoms with Crippen molar-refractivity contribution in [2.24, 2.45) is 5.73 Å². The summed E-state index contributed by atoms with van der Waals surface area (Å²) in [6, 6.07) is 9.13. The number of para-hydroxylation sites is 1. The van der Waals surface area contributed by atoms with E-state index < -0.39 is 0 Å². The minimum atomic E-state index is -0.349.